The zero-order valence-corrected chi connectivity index (χ0v) is 24.0. The number of rotatable bonds is 11. The quantitative estimate of drug-likeness (QED) is 0.281. The summed E-state index contributed by atoms with van der Waals surface area (Å²) in [5.74, 6) is -2.69. The molecular formula is C33H36N2O7. The van der Waals surface area contributed by atoms with Gasteiger partial charge < -0.3 is 25.2 Å². The topological polar surface area (TPSA) is 131 Å². The fourth-order valence-corrected chi connectivity index (χ4v) is 5.03. The number of alkyl carbamates (subject to hydrolysis) is 1. The molecule has 3 N–H and O–H groups in total. The lowest BCUT2D eigenvalue weighted by Gasteiger charge is -2.23. The average molecular weight is 573 g/mol. The van der Waals surface area contributed by atoms with Gasteiger partial charge in [0.1, 0.15) is 24.3 Å². The smallest absolute Gasteiger partial charge is 0.407 e. The Kier molecular flexibility index (Phi) is 9.62. The maximum Gasteiger partial charge on any atom is 0.407 e. The summed E-state index contributed by atoms with van der Waals surface area (Å²) in [5.41, 5.74) is 4.23. The molecule has 4 rings (SSSR count). The molecule has 3 aromatic carbocycles. The van der Waals surface area contributed by atoms with E-state index in [0.717, 1.165) is 27.8 Å². The summed E-state index contributed by atoms with van der Waals surface area (Å²) >= 11 is 0. The van der Waals surface area contributed by atoms with Crippen LogP contribution in [0.25, 0.3) is 11.1 Å². The highest BCUT2D eigenvalue weighted by Gasteiger charge is 2.31. The maximum atomic E-state index is 13.3. The van der Waals surface area contributed by atoms with Crippen molar-refractivity contribution in [2.45, 2.75) is 63.6 Å². The Labute approximate surface area is 245 Å². The van der Waals surface area contributed by atoms with Crippen LogP contribution in [0.2, 0.25) is 0 Å². The molecule has 0 saturated carbocycles. The zero-order chi connectivity index (χ0) is 30.3. The molecular weight excluding hydrogens is 536 g/mol. The molecule has 42 heavy (non-hydrogen) atoms. The van der Waals surface area contributed by atoms with Gasteiger partial charge in [0.05, 0.1) is 0 Å². The lowest BCUT2D eigenvalue weighted by Crippen LogP contribution is -2.52. The molecule has 0 unspecified atom stereocenters. The standard InChI is InChI=1S/C33H36N2O7/c1-33(2,3)42-29(36)18-17-27(30(37)34-28(31(38)39)19-21-11-5-4-6-12-21)35-32(40)41-20-26-24-15-9-7-13-22(24)23-14-8-10-16-25(23)26/h4-16,26-28H,17-20H2,1-3H3,(H,34,37)(H,35,40)(H,38,39)/t27-,28-/m1/s1. The molecule has 9 nitrogen and oxygen atoms in total. The predicted molar refractivity (Wildman–Crippen MR) is 157 cm³/mol. The lowest BCUT2D eigenvalue weighted by molar-refractivity contribution is -0.155. The molecule has 2 atom stereocenters. The molecule has 1 aliphatic rings. The van der Waals surface area contributed by atoms with Gasteiger partial charge in [0.25, 0.3) is 0 Å². The number of hydrogen-bond donors (Lipinski definition) is 3. The first-order valence-electron chi connectivity index (χ1n) is 13.9. The van der Waals surface area contributed by atoms with Gasteiger partial charge in [-0.25, -0.2) is 9.59 Å². The van der Waals surface area contributed by atoms with Gasteiger partial charge in [-0.3, -0.25) is 9.59 Å². The number of ether oxygens (including phenoxy) is 2. The molecule has 0 aromatic heterocycles. The highest BCUT2D eigenvalue weighted by molar-refractivity contribution is 5.90. The largest absolute Gasteiger partial charge is 0.480 e. The number of carboxylic acids is 1. The Morgan fingerprint density at radius 3 is 1.95 bits per heavy atom. The molecule has 0 fully saturated rings. The Balaban J connectivity index is 1.44. The third-order valence-electron chi connectivity index (χ3n) is 6.91. The van der Waals surface area contributed by atoms with Crippen molar-refractivity contribution in [1.29, 1.82) is 0 Å². The number of nitrogens with one attached hydrogen (secondary N) is 2. The van der Waals surface area contributed by atoms with Crippen molar-refractivity contribution < 1.29 is 33.8 Å². The molecule has 2 amide bonds. The number of aliphatic carboxylic acids is 1. The van der Waals surface area contributed by atoms with Crippen LogP contribution in [-0.4, -0.2) is 53.3 Å². The van der Waals surface area contributed by atoms with Crippen molar-refractivity contribution in [1.82, 2.24) is 10.6 Å². The molecule has 0 spiro atoms. The first kappa shape index (κ1) is 30.3. The van der Waals surface area contributed by atoms with Crippen LogP contribution in [0.15, 0.2) is 78.9 Å². The van der Waals surface area contributed by atoms with Gasteiger partial charge in [-0.05, 0) is 55.0 Å². The number of amides is 2. The van der Waals surface area contributed by atoms with Crippen LogP contribution in [0.4, 0.5) is 4.79 Å². The third kappa shape index (κ3) is 7.96. The highest BCUT2D eigenvalue weighted by Crippen LogP contribution is 2.44. The average Bonchev–Trinajstić information content (AvgIpc) is 3.27. The number of carbonyl (C=O) groups excluding carboxylic acids is 3. The van der Waals surface area contributed by atoms with E-state index in [4.69, 9.17) is 9.47 Å². The van der Waals surface area contributed by atoms with Crippen LogP contribution in [-0.2, 0) is 30.3 Å². The van der Waals surface area contributed by atoms with E-state index in [1.165, 1.54) is 0 Å². The van der Waals surface area contributed by atoms with Crippen LogP contribution in [0.3, 0.4) is 0 Å². The first-order valence-corrected chi connectivity index (χ1v) is 13.9. The van der Waals surface area contributed by atoms with Gasteiger partial charge >= 0.3 is 18.0 Å². The summed E-state index contributed by atoms with van der Waals surface area (Å²) in [6.45, 7) is 5.22. The van der Waals surface area contributed by atoms with Crippen molar-refractivity contribution in [3.63, 3.8) is 0 Å². The van der Waals surface area contributed by atoms with Crippen molar-refractivity contribution >= 4 is 23.9 Å². The summed E-state index contributed by atoms with van der Waals surface area (Å²) in [6, 6.07) is 22.2. The van der Waals surface area contributed by atoms with E-state index < -0.39 is 41.6 Å². The second-order valence-corrected chi connectivity index (χ2v) is 11.2. The van der Waals surface area contributed by atoms with Gasteiger partial charge in [-0.1, -0.05) is 78.9 Å². The number of esters is 1. The molecule has 9 heteroatoms. The van der Waals surface area contributed by atoms with Crippen LogP contribution in [0.1, 0.15) is 56.2 Å². The van der Waals surface area contributed by atoms with Crippen LogP contribution >= 0.6 is 0 Å². The van der Waals surface area contributed by atoms with Gasteiger partial charge in [0, 0.05) is 18.8 Å². The van der Waals surface area contributed by atoms with E-state index in [9.17, 15) is 24.3 Å². The third-order valence-corrected chi connectivity index (χ3v) is 6.91. The molecule has 1 aliphatic carbocycles. The van der Waals surface area contributed by atoms with Crippen molar-refractivity contribution in [2.75, 3.05) is 6.61 Å². The number of hydrogen-bond acceptors (Lipinski definition) is 6. The number of carboxylic acid groups (broad SMARTS) is 1. The second-order valence-electron chi connectivity index (χ2n) is 11.2. The molecule has 220 valence electrons. The van der Waals surface area contributed by atoms with Crippen molar-refractivity contribution in [2.24, 2.45) is 0 Å². The minimum atomic E-state index is -1.24. The monoisotopic (exact) mass is 572 g/mol. The van der Waals surface area contributed by atoms with E-state index in [1.807, 2.05) is 54.6 Å². The number of carbonyl (C=O) groups is 4. The minimum Gasteiger partial charge on any atom is -0.480 e. The van der Waals surface area contributed by atoms with Crippen molar-refractivity contribution in [3.05, 3.63) is 95.6 Å². The summed E-state index contributed by atoms with van der Waals surface area (Å²) in [6.07, 6.45) is -1.08. The van der Waals surface area contributed by atoms with Crippen LogP contribution in [0.5, 0.6) is 0 Å². The fraction of sp³-hybridized carbons (Fsp3) is 0.333. The summed E-state index contributed by atoms with van der Waals surface area (Å²) in [5, 5.41) is 14.8. The molecule has 0 saturated heterocycles. The summed E-state index contributed by atoms with van der Waals surface area (Å²) < 4.78 is 10.9. The minimum absolute atomic E-state index is 0.0338. The second kappa shape index (κ2) is 13.3. The van der Waals surface area contributed by atoms with E-state index in [-0.39, 0.29) is 31.8 Å². The van der Waals surface area contributed by atoms with E-state index in [2.05, 4.69) is 10.6 Å². The van der Waals surface area contributed by atoms with Gasteiger partial charge in [0.2, 0.25) is 5.91 Å². The summed E-state index contributed by atoms with van der Waals surface area (Å²) in [4.78, 5) is 50.6. The van der Waals surface area contributed by atoms with E-state index in [0.29, 0.717) is 0 Å². The van der Waals surface area contributed by atoms with E-state index in [1.54, 1.807) is 45.0 Å². The molecule has 3 aromatic rings. The SMILES string of the molecule is CC(C)(C)OC(=O)CC[C@@H](NC(=O)OCC1c2ccccc2-c2ccccc21)C(=O)N[C@H](Cc1ccccc1)C(=O)O. The Hall–Kier alpha value is -4.66. The maximum absolute atomic E-state index is 13.3. The number of benzene rings is 3. The fourth-order valence-electron chi connectivity index (χ4n) is 5.03. The molecule has 0 heterocycles. The van der Waals surface area contributed by atoms with E-state index >= 15 is 0 Å². The van der Waals surface area contributed by atoms with Crippen LogP contribution < -0.4 is 10.6 Å². The first-order chi connectivity index (χ1) is 20.0. The molecule has 0 radical (unpaired) electrons. The zero-order valence-electron chi connectivity index (χ0n) is 24.0. The Morgan fingerprint density at radius 1 is 0.810 bits per heavy atom. The van der Waals surface area contributed by atoms with Gasteiger partial charge in [0.15, 0.2) is 0 Å². The Bertz CT molecular complexity index is 1390. The Morgan fingerprint density at radius 2 is 1.38 bits per heavy atom. The van der Waals surface area contributed by atoms with Crippen molar-refractivity contribution in [3.8, 4) is 11.1 Å². The normalized spacial score (nSPS) is 13.7. The summed E-state index contributed by atoms with van der Waals surface area (Å²) in [7, 11) is 0. The lowest BCUT2D eigenvalue weighted by atomic mass is 9.98. The predicted octanol–water partition coefficient (Wildman–Crippen LogP) is 4.83. The number of fused-ring (bicyclic) bond motifs is 3. The van der Waals surface area contributed by atoms with Gasteiger partial charge in [-0.2, -0.15) is 0 Å². The van der Waals surface area contributed by atoms with Gasteiger partial charge in [-0.15, -0.1) is 0 Å². The van der Waals surface area contributed by atoms with Crippen LogP contribution in [0, 0.1) is 0 Å². The molecule has 0 bridgehead atoms. The highest BCUT2D eigenvalue weighted by atomic mass is 16.6. The molecule has 0 aliphatic heterocycles.